The molecule has 0 radical (unpaired) electrons. The molecule has 2 aromatic heterocycles. The van der Waals surface area contributed by atoms with Crippen LogP contribution in [0, 0.1) is 0 Å². The van der Waals surface area contributed by atoms with Crippen LogP contribution in [0.5, 0.6) is 0 Å². The van der Waals surface area contributed by atoms with Crippen molar-refractivity contribution in [2.24, 2.45) is 17.8 Å². The fraction of sp³-hybridized carbons (Fsp3) is 0.346. The highest BCUT2D eigenvalue weighted by molar-refractivity contribution is 6.09. The van der Waals surface area contributed by atoms with Crippen molar-refractivity contribution in [1.82, 2.24) is 29.5 Å². The lowest BCUT2D eigenvalue weighted by molar-refractivity contribution is -0.135. The van der Waals surface area contributed by atoms with Gasteiger partial charge in [0.1, 0.15) is 6.54 Å². The Morgan fingerprint density at radius 2 is 1.83 bits per heavy atom. The molecule has 0 bridgehead atoms. The van der Waals surface area contributed by atoms with Crippen LogP contribution in [0.3, 0.4) is 0 Å². The number of likely N-dealkylation sites (N-methyl/N-ethyl adjacent to an activating group) is 1. The average Bonchev–Trinajstić information content (AvgIpc) is 3.30. The Balaban J connectivity index is 1.42. The third-order valence-corrected chi connectivity index (χ3v) is 6.40. The number of carbonyl (C=O) groups excluding carboxylic acids is 1. The summed E-state index contributed by atoms with van der Waals surface area (Å²) in [5.41, 5.74) is 10.2. The highest BCUT2D eigenvalue weighted by Gasteiger charge is 2.29. The summed E-state index contributed by atoms with van der Waals surface area (Å²) in [5, 5.41) is 4.24. The maximum Gasteiger partial charge on any atom is 0.244 e. The van der Waals surface area contributed by atoms with E-state index in [2.05, 4.69) is 45.9 Å². The predicted octanol–water partition coefficient (Wildman–Crippen LogP) is 2.47. The van der Waals surface area contributed by atoms with Crippen molar-refractivity contribution in [3.05, 3.63) is 60.8 Å². The van der Waals surface area contributed by atoms with E-state index in [-0.39, 0.29) is 18.5 Å². The van der Waals surface area contributed by atoms with Gasteiger partial charge in [-0.25, -0.2) is 9.97 Å². The third kappa shape index (κ3) is 5.63. The molecule has 9 heteroatoms. The summed E-state index contributed by atoms with van der Waals surface area (Å²) in [5.74, 6) is 0.631. The van der Waals surface area contributed by atoms with Gasteiger partial charge in [0.25, 0.3) is 0 Å². The minimum Gasteiger partial charge on any atom is -0.404 e. The average molecular weight is 473 g/mol. The number of hydrogen-bond acceptors (Lipinski definition) is 7. The van der Waals surface area contributed by atoms with Crippen LogP contribution in [0.25, 0.3) is 28.1 Å². The van der Waals surface area contributed by atoms with Gasteiger partial charge in [-0.15, -0.1) is 0 Å². The first-order valence-electron chi connectivity index (χ1n) is 11.7. The van der Waals surface area contributed by atoms with Crippen LogP contribution in [0.2, 0.25) is 0 Å². The number of nitrogens with zero attached hydrogens (tertiary/aromatic N) is 7. The summed E-state index contributed by atoms with van der Waals surface area (Å²) in [6.45, 7) is 5.85. The molecule has 1 amide bonds. The van der Waals surface area contributed by atoms with Crippen LogP contribution >= 0.6 is 0 Å². The van der Waals surface area contributed by atoms with Crippen molar-refractivity contribution < 1.29 is 4.79 Å². The Morgan fingerprint density at radius 1 is 1.09 bits per heavy atom. The van der Waals surface area contributed by atoms with E-state index in [1.54, 1.807) is 23.3 Å². The highest BCUT2D eigenvalue weighted by atomic mass is 16.2. The molecule has 1 saturated heterocycles. The molecule has 9 nitrogen and oxygen atoms in total. The molecule has 1 fully saturated rings. The number of aryl methyl sites for hydroxylation is 1. The van der Waals surface area contributed by atoms with E-state index in [9.17, 15) is 4.79 Å². The van der Waals surface area contributed by atoms with Crippen LogP contribution in [-0.4, -0.2) is 80.4 Å². The third-order valence-electron chi connectivity index (χ3n) is 6.40. The molecule has 0 unspecified atom stereocenters. The van der Waals surface area contributed by atoms with Gasteiger partial charge >= 0.3 is 0 Å². The molecule has 3 heterocycles. The second-order valence-electron chi connectivity index (χ2n) is 9.05. The second-order valence-corrected chi connectivity index (χ2v) is 9.05. The number of piperazine rings is 1. The summed E-state index contributed by atoms with van der Waals surface area (Å²) in [6, 6.07) is 8.53. The molecule has 0 saturated carbocycles. The fourth-order valence-electron chi connectivity index (χ4n) is 4.21. The normalized spacial score (nSPS) is 19.4. The summed E-state index contributed by atoms with van der Waals surface area (Å²) >= 11 is 0. The molecule has 1 aliphatic heterocycles. The molecule has 0 aliphatic carbocycles. The molecule has 1 aromatic carbocycles. The first-order chi connectivity index (χ1) is 16.9. The van der Waals surface area contributed by atoms with Gasteiger partial charge in [0, 0.05) is 85.5 Å². The minimum atomic E-state index is 0.0187. The van der Waals surface area contributed by atoms with E-state index in [0.29, 0.717) is 24.0 Å². The predicted molar refractivity (Wildman–Crippen MR) is 138 cm³/mol. The quantitative estimate of drug-likeness (QED) is 0.553. The van der Waals surface area contributed by atoms with Crippen molar-refractivity contribution in [1.29, 1.82) is 0 Å². The second kappa shape index (κ2) is 10.6. The van der Waals surface area contributed by atoms with Gasteiger partial charge in [-0.2, -0.15) is 5.10 Å². The van der Waals surface area contributed by atoms with Crippen LogP contribution in [0.1, 0.15) is 19.4 Å². The molecule has 2 atom stereocenters. The Bertz CT molecular complexity index is 1230. The molecule has 0 spiro atoms. The number of benzene rings is 1. The van der Waals surface area contributed by atoms with Gasteiger partial charge < -0.3 is 10.6 Å². The zero-order valence-corrected chi connectivity index (χ0v) is 20.7. The number of aliphatic imine (C=N–C) groups is 1. The molecule has 4 rings (SSSR count). The Kier molecular flexibility index (Phi) is 7.36. The summed E-state index contributed by atoms with van der Waals surface area (Å²) in [4.78, 5) is 30.3. The lowest BCUT2D eigenvalue weighted by Crippen LogP contribution is -2.57. The first kappa shape index (κ1) is 24.3. The van der Waals surface area contributed by atoms with Gasteiger partial charge in [0.05, 0.1) is 6.20 Å². The van der Waals surface area contributed by atoms with Gasteiger partial charge in [0.2, 0.25) is 5.91 Å². The largest absolute Gasteiger partial charge is 0.404 e. The minimum absolute atomic E-state index is 0.0187. The van der Waals surface area contributed by atoms with Crippen LogP contribution in [0.4, 0.5) is 0 Å². The van der Waals surface area contributed by atoms with E-state index < -0.39 is 0 Å². The van der Waals surface area contributed by atoms with Crippen molar-refractivity contribution in [2.45, 2.75) is 25.9 Å². The molecular formula is C26H32N8O. The topological polar surface area (TPSA) is 106 Å². The van der Waals surface area contributed by atoms with Crippen LogP contribution in [0.15, 0.2) is 60.2 Å². The molecular weight excluding hydrogens is 440 g/mol. The van der Waals surface area contributed by atoms with Crippen molar-refractivity contribution in [2.75, 3.05) is 26.7 Å². The number of amides is 1. The zero-order valence-electron chi connectivity index (χ0n) is 20.7. The zero-order chi connectivity index (χ0) is 24.9. The standard InChI is InChI=1S/C26H32N8O/c1-18-16-34(19(2)15-32(18)3)25(35)14-28-10-22(9-27)23-11-29-26(30-12-23)21-7-5-6-20(8-21)24-13-31-33(4)17-24/h5-13,17-19H,14-16,27H2,1-4H3/t18-,19+/m0/s1. The van der Waals surface area contributed by atoms with E-state index in [0.717, 1.165) is 28.8 Å². The summed E-state index contributed by atoms with van der Waals surface area (Å²) < 4.78 is 1.77. The number of carbonyl (C=O) groups is 1. The lowest BCUT2D eigenvalue weighted by atomic mass is 10.1. The summed E-state index contributed by atoms with van der Waals surface area (Å²) in [6.07, 6.45) is 10.3. The fourth-order valence-corrected chi connectivity index (χ4v) is 4.21. The number of allylic oxidation sites excluding steroid dienone is 1. The van der Waals surface area contributed by atoms with Crippen molar-refractivity contribution >= 4 is 17.7 Å². The Morgan fingerprint density at radius 3 is 2.51 bits per heavy atom. The highest BCUT2D eigenvalue weighted by Crippen LogP contribution is 2.24. The van der Waals surface area contributed by atoms with Gasteiger partial charge in [-0.1, -0.05) is 18.2 Å². The summed E-state index contributed by atoms with van der Waals surface area (Å²) in [7, 11) is 3.98. The molecule has 3 aromatic rings. The monoisotopic (exact) mass is 472 g/mol. The van der Waals surface area contributed by atoms with Gasteiger partial charge in [0.15, 0.2) is 5.82 Å². The van der Waals surface area contributed by atoms with E-state index in [1.807, 2.05) is 48.6 Å². The maximum absolute atomic E-state index is 12.7. The first-order valence-corrected chi connectivity index (χ1v) is 11.7. The molecule has 35 heavy (non-hydrogen) atoms. The van der Waals surface area contributed by atoms with Gasteiger partial charge in [-0.05, 0) is 32.5 Å². The van der Waals surface area contributed by atoms with E-state index in [1.165, 1.54) is 6.20 Å². The SMILES string of the molecule is C[C@@H]1CN(C)[C@@H](C)CN1C(=O)CN=CC(=CN)c1cnc(-c2cccc(-c3cnn(C)c3)c2)nc1. The molecule has 1 aliphatic rings. The molecule has 182 valence electrons. The van der Waals surface area contributed by atoms with Gasteiger partial charge in [-0.3, -0.25) is 19.4 Å². The van der Waals surface area contributed by atoms with Crippen LogP contribution < -0.4 is 5.73 Å². The van der Waals surface area contributed by atoms with E-state index in [4.69, 9.17) is 5.73 Å². The smallest absolute Gasteiger partial charge is 0.244 e. The number of nitrogens with two attached hydrogens (primary N) is 1. The maximum atomic E-state index is 12.7. The number of rotatable bonds is 6. The lowest BCUT2D eigenvalue weighted by Gasteiger charge is -2.42. The van der Waals surface area contributed by atoms with Crippen molar-refractivity contribution in [3.8, 4) is 22.5 Å². The number of aromatic nitrogens is 4. The molecule has 2 N–H and O–H groups in total. The number of hydrogen-bond donors (Lipinski definition) is 1. The Hall–Kier alpha value is -3.85. The van der Waals surface area contributed by atoms with Crippen molar-refractivity contribution in [3.63, 3.8) is 0 Å². The van der Waals surface area contributed by atoms with E-state index >= 15 is 0 Å². The van der Waals surface area contributed by atoms with Crippen LogP contribution in [-0.2, 0) is 11.8 Å². The Labute approximate surface area is 206 Å².